The molecule has 23 heavy (non-hydrogen) atoms. The second-order valence-electron chi connectivity index (χ2n) is 5.91. The van der Waals surface area contributed by atoms with Crippen molar-refractivity contribution in [3.05, 3.63) is 29.8 Å². The Hall–Kier alpha value is -1.49. The Morgan fingerprint density at radius 2 is 1.87 bits per heavy atom. The van der Waals surface area contributed by atoms with Gasteiger partial charge in [0.2, 0.25) is 11.8 Å². The Morgan fingerprint density at radius 3 is 2.61 bits per heavy atom. The van der Waals surface area contributed by atoms with Gasteiger partial charge < -0.3 is 10.6 Å². The summed E-state index contributed by atoms with van der Waals surface area (Å²) in [4.78, 5) is 23.8. The molecule has 0 aromatic heterocycles. The van der Waals surface area contributed by atoms with E-state index in [0.29, 0.717) is 11.0 Å². The van der Waals surface area contributed by atoms with Crippen LogP contribution < -0.4 is 10.6 Å². The Morgan fingerprint density at radius 1 is 1.13 bits per heavy atom. The highest BCUT2D eigenvalue weighted by atomic mass is 32.2. The number of anilines is 1. The molecule has 126 valence electrons. The fourth-order valence-electron chi connectivity index (χ4n) is 2.80. The number of carbonyl (C=O) groups excluding carboxylic acids is 2. The van der Waals surface area contributed by atoms with Crippen LogP contribution in [0.15, 0.2) is 24.3 Å². The topological polar surface area (TPSA) is 58.2 Å². The van der Waals surface area contributed by atoms with Gasteiger partial charge in [0.1, 0.15) is 0 Å². The van der Waals surface area contributed by atoms with Gasteiger partial charge in [0, 0.05) is 10.9 Å². The number of amides is 2. The summed E-state index contributed by atoms with van der Waals surface area (Å²) in [5.74, 6) is 0.213. The monoisotopic (exact) mass is 334 g/mol. The van der Waals surface area contributed by atoms with Crippen LogP contribution in [0.4, 0.5) is 5.69 Å². The van der Waals surface area contributed by atoms with E-state index in [0.717, 1.165) is 17.7 Å². The minimum absolute atomic E-state index is 0.0299. The maximum atomic E-state index is 12.0. The first-order valence-corrected chi connectivity index (χ1v) is 9.50. The molecule has 0 spiro atoms. The van der Waals surface area contributed by atoms with Gasteiger partial charge in [0.05, 0.1) is 12.3 Å². The molecule has 5 heteroatoms. The molecule has 0 bridgehead atoms. The van der Waals surface area contributed by atoms with E-state index >= 15 is 0 Å². The summed E-state index contributed by atoms with van der Waals surface area (Å²) >= 11 is 1.72. The van der Waals surface area contributed by atoms with E-state index < -0.39 is 0 Å². The molecule has 0 unspecified atom stereocenters. The van der Waals surface area contributed by atoms with Gasteiger partial charge >= 0.3 is 0 Å². The van der Waals surface area contributed by atoms with Crippen molar-refractivity contribution >= 4 is 29.3 Å². The van der Waals surface area contributed by atoms with Crippen LogP contribution in [0.1, 0.15) is 44.6 Å². The van der Waals surface area contributed by atoms with Crippen molar-refractivity contribution in [2.45, 2.75) is 50.7 Å². The van der Waals surface area contributed by atoms with Crippen molar-refractivity contribution in [1.29, 1.82) is 0 Å². The maximum Gasteiger partial charge on any atom is 0.243 e. The maximum absolute atomic E-state index is 12.0. The average Bonchev–Trinajstić information content (AvgIpc) is 2.59. The summed E-state index contributed by atoms with van der Waals surface area (Å²) < 4.78 is 0. The average molecular weight is 334 g/mol. The van der Waals surface area contributed by atoms with E-state index in [4.69, 9.17) is 0 Å². The summed E-state index contributed by atoms with van der Waals surface area (Å²) in [6, 6.07) is 7.74. The molecule has 0 aliphatic heterocycles. The lowest BCUT2D eigenvalue weighted by molar-refractivity contribution is -0.122. The van der Waals surface area contributed by atoms with E-state index in [-0.39, 0.29) is 18.4 Å². The van der Waals surface area contributed by atoms with Crippen LogP contribution in [0, 0.1) is 0 Å². The van der Waals surface area contributed by atoms with E-state index in [1.807, 2.05) is 24.3 Å². The Kier molecular flexibility index (Phi) is 7.46. The number of para-hydroxylation sites is 1. The van der Waals surface area contributed by atoms with Crippen LogP contribution in [-0.2, 0) is 16.0 Å². The zero-order valence-electron chi connectivity index (χ0n) is 13.8. The SMILES string of the molecule is CCc1ccccc1NC(=O)CNC(=O)CSC1CCCCC1. The van der Waals surface area contributed by atoms with E-state index in [2.05, 4.69) is 17.6 Å². The van der Waals surface area contributed by atoms with Crippen molar-refractivity contribution in [2.24, 2.45) is 0 Å². The third-order valence-corrected chi connectivity index (χ3v) is 5.49. The quantitative estimate of drug-likeness (QED) is 0.804. The number of carbonyl (C=O) groups is 2. The molecule has 1 aromatic carbocycles. The fraction of sp³-hybridized carbons (Fsp3) is 0.556. The third-order valence-electron chi connectivity index (χ3n) is 4.12. The largest absolute Gasteiger partial charge is 0.346 e. The highest BCUT2D eigenvalue weighted by Crippen LogP contribution is 2.27. The number of rotatable bonds is 7. The van der Waals surface area contributed by atoms with Crippen LogP contribution in [-0.4, -0.2) is 29.4 Å². The standard InChI is InChI=1S/C18H26N2O2S/c1-2-14-8-6-7-11-16(14)20-17(21)12-19-18(22)13-23-15-9-4-3-5-10-15/h6-8,11,15H,2-5,9-10,12-13H2,1H3,(H,19,22)(H,20,21). The Labute approximate surface area is 142 Å². The molecular weight excluding hydrogens is 308 g/mol. The minimum atomic E-state index is -0.179. The smallest absolute Gasteiger partial charge is 0.243 e. The predicted octanol–water partition coefficient (Wildman–Crippen LogP) is 3.37. The second-order valence-corrected chi connectivity index (χ2v) is 7.20. The molecule has 0 heterocycles. The second kappa shape index (κ2) is 9.60. The summed E-state index contributed by atoms with van der Waals surface area (Å²) in [5.41, 5.74) is 1.92. The van der Waals surface area contributed by atoms with Crippen LogP contribution in [0.2, 0.25) is 0 Å². The van der Waals surface area contributed by atoms with Crippen LogP contribution in [0.25, 0.3) is 0 Å². The van der Waals surface area contributed by atoms with Crippen molar-refractivity contribution in [2.75, 3.05) is 17.6 Å². The Bertz CT molecular complexity index is 528. The first kappa shape index (κ1) is 17.9. The van der Waals surface area contributed by atoms with Crippen LogP contribution in [0.3, 0.4) is 0 Å². The van der Waals surface area contributed by atoms with E-state index in [1.54, 1.807) is 11.8 Å². The van der Waals surface area contributed by atoms with Gasteiger partial charge in [-0.2, -0.15) is 0 Å². The number of hydrogen-bond donors (Lipinski definition) is 2. The third kappa shape index (κ3) is 6.26. The molecule has 1 saturated carbocycles. The van der Waals surface area contributed by atoms with Crippen LogP contribution in [0.5, 0.6) is 0 Å². The first-order chi connectivity index (χ1) is 11.2. The van der Waals surface area contributed by atoms with Crippen molar-refractivity contribution in [3.63, 3.8) is 0 Å². The number of thioether (sulfide) groups is 1. The van der Waals surface area contributed by atoms with Gasteiger partial charge in [-0.3, -0.25) is 9.59 Å². The molecule has 2 amide bonds. The summed E-state index contributed by atoms with van der Waals surface area (Å²) in [6.07, 6.45) is 7.17. The minimum Gasteiger partial charge on any atom is -0.346 e. The molecule has 2 rings (SSSR count). The van der Waals surface area contributed by atoms with Gasteiger partial charge in [-0.1, -0.05) is 44.4 Å². The van der Waals surface area contributed by atoms with E-state index in [1.165, 1.54) is 32.1 Å². The van der Waals surface area contributed by atoms with Crippen molar-refractivity contribution in [3.8, 4) is 0 Å². The molecule has 4 nitrogen and oxygen atoms in total. The number of aryl methyl sites for hydroxylation is 1. The predicted molar refractivity (Wildman–Crippen MR) is 96.8 cm³/mol. The molecular formula is C18H26N2O2S. The lowest BCUT2D eigenvalue weighted by atomic mass is 10.0. The fourth-order valence-corrected chi connectivity index (χ4v) is 3.96. The first-order valence-electron chi connectivity index (χ1n) is 8.45. The van der Waals surface area contributed by atoms with Gasteiger partial charge in [-0.25, -0.2) is 0 Å². The molecule has 2 N–H and O–H groups in total. The Balaban J connectivity index is 1.68. The molecule has 0 atom stereocenters. The highest BCUT2D eigenvalue weighted by molar-refractivity contribution is 8.00. The van der Waals surface area contributed by atoms with Gasteiger partial charge in [-0.15, -0.1) is 11.8 Å². The molecule has 1 aliphatic rings. The van der Waals surface area contributed by atoms with Crippen molar-refractivity contribution < 1.29 is 9.59 Å². The normalized spacial score (nSPS) is 15.2. The zero-order chi connectivity index (χ0) is 16.5. The number of hydrogen-bond acceptors (Lipinski definition) is 3. The summed E-state index contributed by atoms with van der Waals surface area (Å²) in [6.45, 7) is 2.08. The zero-order valence-corrected chi connectivity index (χ0v) is 14.6. The van der Waals surface area contributed by atoms with Crippen LogP contribution >= 0.6 is 11.8 Å². The number of nitrogens with one attached hydrogen (secondary N) is 2. The number of benzene rings is 1. The van der Waals surface area contributed by atoms with Gasteiger partial charge in [0.15, 0.2) is 0 Å². The molecule has 1 fully saturated rings. The highest BCUT2D eigenvalue weighted by Gasteiger charge is 2.15. The lowest BCUT2D eigenvalue weighted by Gasteiger charge is -2.20. The molecule has 1 aliphatic carbocycles. The lowest BCUT2D eigenvalue weighted by Crippen LogP contribution is -2.34. The van der Waals surface area contributed by atoms with Crippen molar-refractivity contribution in [1.82, 2.24) is 5.32 Å². The molecule has 0 radical (unpaired) electrons. The molecule has 0 saturated heterocycles. The summed E-state index contributed by atoms with van der Waals surface area (Å²) in [7, 11) is 0. The van der Waals surface area contributed by atoms with E-state index in [9.17, 15) is 9.59 Å². The van der Waals surface area contributed by atoms with Gasteiger partial charge in [-0.05, 0) is 30.9 Å². The summed E-state index contributed by atoms with van der Waals surface area (Å²) in [5, 5.41) is 6.18. The molecule has 1 aromatic rings. The van der Waals surface area contributed by atoms with Gasteiger partial charge in [0.25, 0.3) is 0 Å².